The van der Waals surface area contributed by atoms with Crippen molar-refractivity contribution in [1.29, 1.82) is 0 Å². The molecule has 1 rings (SSSR count). The molecule has 0 bridgehead atoms. The summed E-state index contributed by atoms with van der Waals surface area (Å²) < 4.78 is 5.29. The Morgan fingerprint density at radius 3 is 2.50 bits per heavy atom. The summed E-state index contributed by atoms with van der Waals surface area (Å²) in [5, 5.41) is 0. The van der Waals surface area contributed by atoms with Crippen LogP contribution in [0.4, 0.5) is 0 Å². The second kappa shape index (κ2) is 5.34. The lowest BCUT2D eigenvalue weighted by atomic mass is 9.99. The predicted octanol–water partition coefficient (Wildman–Crippen LogP) is 3.21. The van der Waals surface area contributed by atoms with Crippen LogP contribution < -0.4 is 4.74 Å². The molecule has 0 saturated carbocycles. The van der Waals surface area contributed by atoms with Crippen LogP contribution in [0.25, 0.3) is 0 Å². The van der Waals surface area contributed by atoms with Crippen LogP contribution in [0.1, 0.15) is 31.7 Å². The zero-order chi connectivity index (χ0) is 10.4. The van der Waals surface area contributed by atoms with Crippen molar-refractivity contribution in [2.24, 2.45) is 0 Å². The largest absolute Gasteiger partial charge is 0.481 e. The zero-order valence-electron chi connectivity index (χ0n) is 8.79. The molecular formula is C13H16O. The van der Waals surface area contributed by atoms with E-state index in [1.807, 2.05) is 12.1 Å². The van der Waals surface area contributed by atoms with Crippen molar-refractivity contribution < 1.29 is 4.74 Å². The maximum absolute atomic E-state index is 5.29. The predicted molar refractivity (Wildman–Crippen MR) is 59.5 cm³/mol. The monoisotopic (exact) mass is 188 g/mol. The first-order valence-corrected chi connectivity index (χ1v) is 4.94. The number of terminal acetylenes is 1. The van der Waals surface area contributed by atoms with Gasteiger partial charge in [-0.1, -0.05) is 31.9 Å². The topological polar surface area (TPSA) is 9.23 Å². The van der Waals surface area contributed by atoms with E-state index >= 15 is 0 Å². The highest BCUT2D eigenvalue weighted by Gasteiger charge is 2.01. The van der Waals surface area contributed by atoms with Gasteiger partial charge in [-0.05, 0) is 30.0 Å². The molecule has 1 unspecified atom stereocenters. The Hall–Kier alpha value is -1.42. The van der Waals surface area contributed by atoms with Gasteiger partial charge >= 0.3 is 0 Å². The quantitative estimate of drug-likeness (QED) is 0.659. The number of ether oxygens (including phenoxy) is 1. The Morgan fingerprint density at radius 2 is 2.00 bits per heavy atom. The van der Waals surface area contributed by atoms with E-state index in [0.29, 0.717) is 12.5 Å². The maximum Gasteiger partial charge on any atom is 0.148 e. The molecule has 1 atom stereocenters. The number of benzene rings is 1. The Kier molecular flexibility index (Phi) is 4.07. The third-order valence-corrected chi connectivity index (χ3v) is 2.38. The summed E-state index contributed by atoms with van der Waals surface area (Å²) in [6.45, 7) is 4.74. The molecule has 0 aromatic heterocycles. The van der Waals surface area contributed by atoms with Crippen molar-refractivity contribution >= 4 is 0 Å². The minimum atomic E-state index is 0.336. The highest BCUT2D eigenvalue weighted by Crippen LogP contribution is 2.21. The molecule has 0 aliphatic heterocycles. The van der Waals surface area contributed by atoms with Gasteiger partial charge in [0.15, 0.2) is 0 Å². The molecule has 1 heteroatoms. The highest BCUT2D eigenvalue weighted by molar-refractivity contribution is 5.29. The summed E-state index contributed by atoms with van der Waals surface area (Å²) in [5.41, 5.74) is 1.35. The number of hydrogen-bond donors (Lipinski definition) is 0. The van der Waals surface area contributed by atoms with E-state index < -0.39 is 0 Å². The Labute approximate surface area is 86.1 Å². The Balaban J connectivity index is 2.64. The number of hydrogen-bond acceptors (Lipinski definition) is 1. The van der Waals surface area contributed by atoms with Gasteiger partial charge in [0.05, 0.1) is 0 Å². The molecule has 0 N–H and O–H groups in total. The second-order valence-electron chi connectivity index (χ2n) is 3.37. The van der Waals surface area contributed by atoms with Crippen LogP contribution in [0.15, 0.2) is 24.3 Å². The normalized spacial score (nSPS) is 11.8. The molecule has 1 nitrogen and oxygen atoms in total. The van der Waals surface area contributed by atoms with Gasteiger partial charge in [0.1, 0.15) is 12.4 Å². The summed E-state index contributed by atoms with van der Waals surface area (Å²) in [4.78, 5) is 0. The van der Waals surface area contributed by atoms with Crippen molar-refractivity contribution in [2.75, 3.05) is 6.61 Å². The van der Waals surface area contributed by atoms with E-state index in [1.54, 1.807) is 0 Å². The molecule has 0 amide bonds. The van der Waals surface area contributed by atoms with Gasteiger partial charge in [-0.3, -0.25) is 0 Å². The first-order chi connectivity index (χ1) is 6.77. The molecular weight excluding hydrogens is 172 g/mol. The van der Waals surface area contributed by atoms with Crippen molar-refractivity contribution in [2.45, 2.75) is 26.2 Å². The highest BCUT2D eigenvalue weighted by atomic mass is 16.5. The van der Waals surface area contributed by atoms with Crippen molar-refractivity contribution in [3.05, 3.63) is 29.8 Å². The molecule has 1 aromatic carbocycles. The molecule has 1 aromatic rings. The van der Waals surface area contributed by atoms with Gasteiger partial charge in [0, 0.05) is 0 Å². The molecule has 0 aliphatic rings. The molecule has 0 saturated heterocycles. The van der Waals surface area contributed by atoms with Crippen LogP contribution in [-0.2, 0) is 0 Å². The molecule has 0 fully saturated rings. The fourth-order valence-electron chi connectivity index (χ4n) is 1.25. The summed E-state index contributed by atoms with van der Waals surface area (Å²) in [6.07, 6.45) is 6.26. The summed E-state index contributed by atoms with van der Waals surface area (Å²) in [5.74, 6) is 3.89. The van der Waals surface area contributed by atoms with Gasteiger partial charge < -0.3 is 4.74 Å². The van der Waals surface area contributed by atoms with E-state index in [4.69, 9.17) is 11.2 Å². The smallest absolute Gasteiger partial charge is 0.148 e. The maximum atomic E-state index is 5.29. The summed E-state index contributed by atoms with van der Waals surface area (Å²) in [7, 11) is 0. The lowest BCUT2D eigenvalue weighted by molar-refractivity contribution is 0.370. The molecule has 0 radical (unpaired) electrons. The molecule has 14 heavy (non-hydrogen) atoms. The lowest BCUT2D eigenvalue weighted by Crippen LogP contribution is -1.95. The van der Waals surface area contributed by atoms with Crippen LogP contribution in [0.2, 0.25) is 0 Å². The molecule has 0 aliphatic carbocycles. The standard InChI is InChI=1S/C13H16O/c1-4-10-14-13-8-6-12(7-9-13)11(3)5-2/h1,6-9,11H,5,10H2,2-3H3. The molecule has 0 spiro atoms. The van der Waals surface area contributed by atoms with Crippen molar-refractivity contribution in [3.8, 4) is 18.1 Å². The van der Waals surface area contributed by atoms with Gasteiger partial charge in [-0.15, -0.1) is 6.42 Å². The van der Waals surface area contributed by atoms with Gasteiger partial charge in [-0.25, -0.2) is 0 Å². The number of rotatable bonds is 4. The third-order valence-electron chi connectivity index (χ3n) is 2.38. The summed E-state index contributed by atoms with van der Waals surface area (Å²) in [6, 6.07) is 8.14. The zero-order valence-corrected chi connectivity index (χ0v) is 8.79. The third kappa shape index (κ3) is 2.81. The average Bonchev–Trinajstić information content (AvgIpc) is 2.26. The van der Waals surface area contributed by atoms with Gasteiger partial charge in [0.2, 0.25) is 0 Å². The molecule has 0 heterocycles. The van der Waals surface area contributed by atoms with E-state index in [9.17, 15) is 0 Å². The Morgan fingerprint density at radius 1 is 1.36 bits per heavy atom. The Bertz CT molecular complexity index is 305. The lowest BCUT2D eigenvalue weighted by Gasteiger charge is -2.09. The summed E-state index contributed by atoms with van der Waals surface area (Å²) >= 11 is 0. The SMILES string of the molecule is C#CCOc1ccc(C(C)CC)cc1. The minimum absolute atomic E-state index is 0.336. The molecule has 74 valence electrons. The van der Waals surface area contributed by atoms with E-state index in [2.05, 4.69) is 31.9 Å². The van der Waals surface area contributed by atoms with Crippen LogP contribution in [0, 0.1) is 12.3 Å². The van der Waals surface area contributed by atoms with Gasteiger partial charge in [0.25, 0.3) is 0 Å². The first kappa shape index (κ1) is 10.7. The minimum Gasteiger partial charge on any atom is -0.481 e. The van der Waals surface area contributed by atoms with Gasteiger partial charge in [-0.2, -0.15) is 0 Å². The van der Waals surface area contributed by atoms with Crippen molar-refractivity contribution in [1.82, 2.24) is 0 Å². The average molecular weight is 188 g/mol. The first-order valence-electron chi connectivity index (χ1n) is 4.94. The second-order valence-corrected chi connectivity index (χ2v) is 3.37. The fraction of sp³-hybridized carbons (Fsp3) is 0.385. The van der Waals surface area contributed by atoms with E-state index in [0.717, 1.165) is 12.2 Å². The van der Waals surface area contributed by atoms with Crippen molar-refractivity contribution in [3.63, 3.8) is 0 Å². The fourth-order valence-corrected chi connectivity index (χ4v) is 1.25. The van der Waals surface area contributed by atoms with Crippen LogP contribution in [-0.4, -0.2) is 6.61 Å². The van der Waals surface area contributed by atoms with E-state index in [1.165, 1.54) is 5.56 Å². The van der Waals surface area contributed by atoms with E-state index in [-0.39, 0.29) is 0 Å². The van der Waals surface area contributed by atoms with Crippen LogP contribution in [0.3, 0.4) is 0 Å². The van der Waals surface area contributed by atoms with Crippen LogP contribution in [0.5, 0.6) is 5.75 Å². The van der Waals surface area contributed by atoms with Crippen LogP contribution >= 0.6 is 0 Å².